The maximum Gasteiger partial charge on any atom is 0.353 e. The zero-order valence-corrected chi connectivity index (χ0v) is 18.5. The van der Waals surface area contributed by atoms with Crippen LogP contribution in [0.1, 0.15) is 33.1 Å². The molecule has 3 N–H and O–H groups in total. The molecule has 7 nitrogen and oxygen atoms in total. The highest BCUT2D eigenvalue weighted by atomic mass is 32.2. The molecule has 1 unspecified atom stereocenters. The normalized spacial score (nSPS) is 38.9. The lowest BCUT2D eigenvalue weighted by molar-refractivity contribution is -0.900. The minimum Gasteiger partial charge on any atom is -0.477 e. The molecule has 0 aromatic carbocycles. The molecule has 8 heteroatoms. The van der Waals surface area contributed by atoms with Gasteiger partial charge in [0, 0.05) is 23.2 Å². The number of aliphatic hydroxyl groups is 1. The molecule has 29 heavy (non-hydrogen) atoms. The van der Waals surface area contributed by atoms with E-state index in [0.29, 0.717) is 5.25 Å². The summed E-state index contributed by atoms with van der Waals surface area (Å²) in [5.41, 5.74) is 0.161. The molecule has 162 valence electrons. The van der Waals surface area contributed by atoms with E-state index in [1.54, 1.807) is 18.7 Å². The number of nitrogens with one attached hydrogen (secondary N) is 1. The van der Waals surface area contributed by atoms with Crippen LogP contribution in [0.15, 0.2) is 10.6 Å². The van der Waals surface area contributed by atoms with Crippen molar-refractivity contribution in [3.05, 3.63) is 10.6 Å². The van der Waals surface area contributed by atoms with Gasteiger partial charge in [0.05, 0.1) is 50.0 Å². The number of piperidine rings is 1. The molecule has 4 rings (SSSR count). The topological polar surface area (TPSA) is 89.9 Å². The first-order valence-corrected chi connectivity index (χ1v) is 11.8. The summed E-state index contributed by atoms with van der Waals surface area (Å²) in [6, 6.07) is -0.215. The van der Waals surface area contributed by atoms with Crippen LogP contribution in [0.5, 0.6) is 0 Å². The summed E-state index contributed by atoms with van der Waals surface area (Å²) in [7, 11) is 2.34. The Hall–Kier alpha value is -1.09. The summed E-state index contributed by atoms with van der Waals surface area (Å²) in [5.74, 6) is -1.02. The highest BCUT2D eigenvalue weighted by Crippen LogP contribution is 2.52. The average molecular weight is 425 g/mol. The van der Waals surface area contributed by atoms with Crippen molar-refractivity contribution in [3.63, 3.8) is 0 Å². The fourth-order valence-electron chi connectivity index (χ4n) is 5.94. The first-order valence-electron chi connectivity index (χ1n) is 10.9. The molecule has 1 amide bonds. The van der Waals surface area contributed by atoms with Gasteiger partial charge in [0.25, 0.3) is 0 Å². The standard InChI is InChI=1S/C21H33N3O4S/c1-12-17-16(13(2)25)20(26)23(17)18(21(27)28)19(12)29-15-6-9-24(3,11-15)10-14-4-7-22-8-5-14/h12-17,22,25H,4-11H2,1-3H3/p+1/t12-,13-,15-,16-,17-,24?/m1/s1. The van der Waals surface area contributed by atoms with Crippen LogP contribution in [0, 0.1) is 17.8 Å². The number of aliphatic carboxylic acids is 1. The predicted octanol–water partition coefficient (Wildman–Crippen LogP) is 1.09. The zero-order chi connectivity index (χ0) is 20.9. The Balaban J connectivity index is 1.46. The number of hydrogen-bond acceptors (Lipinski definition) is 5. The monoisotopic (exact) mass is 424 g/mol. The van der Waals surface area contributed by atoms with Gasteiger partial charge in [-0.2, -0.15) is 0 Å². The van der Waals surface area contributed by atoms with Crippen LogP contribution >= 0.6 is 11.8 Å². The number of aliphatic hydroxyl groups excluding tert-OH is 1. The fourth-order valence-corrected chi connectivity index (χ4v) is 7.61. The Morgan fingerprint density at radius 1 is 1.34 bits per heavy atom. The van der Waals surface area contributed by atoms with E-state index in [1.807, 2.05) is 6.92 Å². The maximum absolute atomic E-state index is 12.5. The van der Waals surface area contributed by atoms with Crippen LogP contribution in [0.25, 0.3) is 0 Å². The second-order valence-corrected chi connectivity index (χ2v) is 11.0. The lowest BCUT2D eigenvalue weighted by Crippen LogP contribution is -2.63. The summed E-state index contributed by atoms with van der Waals surface area (Å²) in [4.78, 5) is 26.8. The molecule has 4 heterocycles. The summed E-state index contributed by atoms with van der Waals surface area (Å²) in [5, 5.41) is 23.6. The lowest BCUT2D eigenvalue weighted by atomic mass is 9.79. The van der Waals surface area contributed by atoms with E-state index in [9.17, 15) is 19.8 Å². The van der Waals surface area contributed by atoms with Crippen molar-refractivity contribution in [1.82, 2.24) is 10.2 Å². The molecule has 0 aliphatic carbocycles. The van der Waals surface area contributed by atoms with Gasteiger partial charge in [0.1, 0.15) is 5.70 Å². The van der Waals surface area contributed by atoms with Crippen molar-refractivity contribution in [3.8, 4) is 0 Å². The number of nitrogens with zero attached hydrogens (tertiary/aromatic N) is 2. The molecule has 0 saturated carbocycles. The number of β-lactam (4-membered cyclic amide) rings is 1. The van der Waals surface area contributed by atoms with Gasteiger partial charge < -0.3 is 24.9 Å². The summed E-state index contributed by atoms with van der Waals surface area (Å²) < 4.78 is 1.06. The Labute approximate surface area is 177 Å². The van der Waals surface area contributed by atoms with Crippen molar-refractivity contribution in [1.29, 1.82) is 0 Å². The first-order chi connectivity index (χ1) is 13.7. The van der Waals surface area contributed by atoms with Gasteiger partial charge in [0.2, 0.25) is 5.91 Å². The van der Waals surface area contributed by atoms with E-state index in [2.05, 4.69) is 12.4 Å². The molecule has 0 spiro atoms. The van der Waals surface area contributed by atoms with E-state index < -0.39 is 18.0 Å². The van der Waals surface area contributed by atoms with E-state index >= 15 is 0 Å². The molecule has 0 aromatic heterocycles. The van der Waals surface area contributed by atoms with Gasteiger partial charge in [-0.15, -0.1) is 11.8 Å². The molecular weight excluding hydrogens is 390 g/mol. The van der Waals surface area contributed by atoms with Crippen molar-refractivity contribution in [2.24, 2.45) is 17.8 Å². The molecule has 4 aliphatic heterocycles. The van der Waals surface area contributed by atoms with Crippen LogP contribution in [0.4, 0.5) is 0 Å². The first kappa shape index (κ1) is 21.2. The highest BCUT2D eigenvalue weighted by Gasteiger charge is 2.60. The number of fused-ring (bicyclic) bond motifs is 1. The quantitative estimate of drug-likeness (QED) is 0.437. The minimum atomic E-state index is -1.02. The van der Waals surface area contributed by atoms with Gasteiger partial charge >= 0.3 is 5.97 Å². The number of carbonyl (C=O) groups is 2. The number of rotatable bonds is 6. The number of hydrogen-bond donors (Lipinski definition) is 3. The summed E-state index contributed by atoms with van der Waals surface area (Å²) in [6.07, 6.45) is 2.82. The Morgan fingerprint density at radius 2 is 2.03 bits per heavy atom. The molecule has 6 atom stereocenters. The van der Waals surface area contributed by atoms with Gasteiger partial charge in [-0.25, -0.2) is 4.79 Å². The van der Waals surface area contributed by atoms with Crippen LogP contribution in [-0.4, -0.2) is 88.6 Å². The van der Waals surface area contributed by atoms with Gasteiger partial charge in [0.15, 0.2) is 0 Å². The van der Waals surface area contributed by atoms with E-state index in [1.165, 1.54) is 24.3 Å². The molecule has 0 aromatic rings. The minimum absolute atomic E-state index is 0.0350. The van der Waals surface area contributed by atoms with Crippen LogP contribution in [0.2, 0.25) is 0 Å². The zero-order valence-electron chi connectivity index (χ0n) is 17.6. The molecule has 3 saturated heterocycles. The van der Waals surface area contributed by atoms with Gasteiger partial charge in [-0.05, 0) is 32.9 Å². The van der Waals surface area contributed by atoms with E-state index in [4.69, 9.17) is 0 Å². The third-order valence-electron chi connectivity index (χ3n) is 7.40. The van der Waals surface area contributed by atoms with E-state index in [0.717, 1.165) is 47.9 Å². The second-order valence-electron chi connectivity index (χ2n) is 9.70. The second kappa shape index (κ2) is 7.87. The van der Waals surface area contributed by atoms with Crippen LogP contribution in [-0.2, 0) is 9.59 Å². The van der Waals surface area contributed by atoms with Gasteiger partial charge in [-0.1, -0.05) is 6.92 Å². The van der Waals surface area contributed by atoms with Crippen LogP contribution in [0.3, 0.4) is 0 Å². The number of amides is 1. The Bertz CT molecular complexity index is 721. The third kappa shape index (κ3) is 3.73. The highest BCUT2D eigenvalue weighted by molar-refractivity contribution is 8.03. The third-order valence-corrected chi connectivity index (χ3v) is 8.93. The van der Waals surface area contributed by atoms with E-state index in [-0.39, 0.29) is 23.6 Å². The average Bonchev–Trinajstić information content (AvgIpc) is 3.12. The summed E-state index contributed by atoms with van der Waals surface area (Å²) >= 11 is 1.68. The summed E-state index contributed by atoms with van der Waals surface area (Å²) in [6.45, 7) is 9.26. The number of carboxylic acids is 1. The SMILES string of the molecule is C[C@@H](O)[C@H]1C(=O)N2C(C(=O)O)=C(S[C@@H]3CC[N+](C)(CC4CCNCC4)C3)[C@H](C)[C@H]12. The largest absolute Gasteiger partial charge is 0.477 e. The molecule has 0 bridgehead atoms. The predicted molar refractivity (Wildman–Crippen MR) is 112 cm³/mol. The van der Waals surface area contributed by atoms with Crippen molar-refractivity contribution in [2.45, 2.75) is 50.5 Å². The lowest BCUT2D eigenvalue weighted by Gasteiger charge is -2.46. The molecule has 3 fully saturated rings. The van der Waals surface area contributed by atoms with Crippen molar-refractivity contribution < 1.29 is 24.3 Å². The molecular formula is C21H34N3O4S+. The van der Waals surface area contributed by atoms with Gasteiger partial charge in [-0.3, -0.25) is 4.79 Å². The number of carboxylic acid groups (broad SMARTS) is 1. The fraction of sp³-hybridized carbons (Fsp3) is 0.810. The van der Waals surface area contributed by atoms with Crippen LogP contribution < -0.4 is 5.32 Å². The molecule has 0 radical (unpaired) electrons. The number of likely N-dealkylation sites (tertiary alicyclic amines) is 1. The van der Waals surface area contributed by atoms with Crippen molar-refractivity contribution >= 4 is 23.6 Å². The number of thioether (sulfide) groups is 1. The Kier molecular flexibility index (Phi) is 5.74. The number of carbonyl (C=O) groups excluding carboxylic acids is 1. The van der Waals surface area contributed by atoms with Crippen molar-refractivity contribution in [2.75, 3.05) is 39.8 Å². The number of quaternary nitrogens is 1. The smallest absolute Gasteiger partial charge is 0.353 e. The maximum atomic E-state index is 12.5. The Morgan fingerprint density at radius 3 is 2.66 bits per heavy atom. The molecule has 4 aliphatic rings.